The topological polar surface area (TPSA) is 229 Å². The van der Waals surface area contributed by atoms with Crippen molar-refractivity contribution < 1.29 is 73.8 Å². The summed E-state index contributed by atoms with van der Waals surface area (Å²) >= 11 is 0. The molecule has 0 radical (unpaired) electrons. The summed E-state index contributed by atoms with van der Waals surface area (Å²) < 4.78 is 45.0. The number of alkyl halides is 3. The molecule has 0 aromatic heterocycles. The Morgan fingerprint density at radius 2 is 0.705 bits per heavy atom. The molecule has 0 amide bonds. The number of carbonyl (C=O) groups is 1. The maximum Gasteiger partial charge on any atom is 0.414 e. The first-order valence-electron chi connectivity index (χ1n) is 64.2. The van der Waals surface area contributed by atoms with E-state index in [4.69, 9.17) is 4.74 Å². The van der Waals surface area contributed by atoms with E-state index in [1.54, 1.807) is 25.2 Å². The zero-order chi connectivity index (χ0) is 109. The average Bonchev–Trinajstić information content (AvgIpc) is 1.58. The van der Waals surface area contributed by atoms with Crippen LogP contribution < -0.4 is 0 Å². The van der Waals surface area contributed by atoms with E-state index < -0.39 is 46.2 Å². The molecule has 18 saturated carbocycles. The lowest BCUT2D eigenvalue weighted by atomic mass is 9.43. The number of hydrogen-bond donors (Lipinski definition) is 10. The fraction of sp³-hybridized carbons (Fsp3) is 0.963. The van der Waals surface area contributed by atoms with Gasteiger partial charge in [-0.2, -0.15) is 13.2 Å². The third-order valence-corrected chi connectivity index (χ3v) is 53.2. The summed E-state index contributed by atoms with van der Waals surface area (Å²) in [5, 5.41) is 107. The first-order chi connectivity index (χ1) is 69.7. The van der Waals surface area contributed by atoms with Crippen molar-refractivity contribution in [2.24, 2.45) is 239 Å². The Balaban J connectivity index is 0.000000133. The zero-order valence-electron chi connectivity index (χ0n) is 99.8. The molecule has 0 aliphatic heterocycles. The molecule has 15 heteroatoms. The number of ether oxygens (including phenoxy) is 1. The monoisotopic (exact) mass is 2090 g/mol. The zero-order valence-corrected chi connectivity index (χ0v) is 99.8. The van der Waals surface area contributed by atoms with Crippen molar-refractivity contribution in [3.63, 3.8) is 0 Å². The molecule has 12 nitrogen and oxygen atoms in total. The first-order valence-corrected chi connectivity index (χ1v) is 64.2. The van der Waals surface area contributed by atoms with E-state index in [1.807, 2.05) is 13.8 Å². The van der Waals surface area contributed by atoms with Gasteiger partial charge >= 0.3 is 6.18 Å². The van der Waals surface area contributed by atoms with Gasteiger partial charge in [-0.3, -0.25) is 4.79 Å². The summed E-state index contributed by atoms with van der Waals surface area (Å²) in [6, 6.07) is 0. The van der Waals surface area contributed by atoms with Crippen LogP contribution in [-0.2, 0) is 9.53 Å². The summed E-state index contributed by atoms with van der Waals surface area (Å²) in [5.74, 6) is 19.7. The number of allylic oxidation sites excluding steroid dienone is 2. The number of Topliss-reactive ketones (excluding diaryl/α,β-unsaturated/α-hetero) is 1. The van der Waals surface area contributed by atoms with E-state index in [-0.39, 0.29) is 58.4 Å². The molecule has 0 heterocycles. The van der Waals surface area contributed by atoms with Gasteiger partial charge < -0.3 is 55.8 Å². The highest BCUT2D eigenvalue weighted by atomic mass is 19.4. The summed E-state index contributed by atoms with van der Waals surface area (Å²) in [6.45, 7) is 55.1. The van der Waals surface area contributed by atoms with Gasteiger partial charge in [0.05, 0.1) is 59.0 Å². The number of aliphatic hydroxyl groups is 10. The van der Waals surface area contributed by atoms with E-state index in [1.165, 1.54) is 141 Å². The number of methoxy groups -OCH3 is 1. The Bertz CT molecular complexity index is 4460. The molecule has 0 spiro atoms. The van der Waals surface area contributed by atoms with Crippen LogP contribution in [0.15, 0.2) is 23.3 Å². The molecule has 0 aromatic carbocycles. The lowest BCUT2D eigenvalue weighted by Crippen LogP contribution is -2.57. The smallest absolute Gasteiger partial charge is 0.393 e. The number of carbonyl (C=O) groups excluding carboxylic acids is 1. The van der Waals surface area contributed by atoms with Crippen LogP contribution in [-0.4, -0.2) is 135 Å². The fourth-order valence-electron chi connectivity index (χ4n) is 44.5. The lowest BCUT2D eigenvalue weighted by molar-refractivity contribution is -0.228. The highest BCUT2D eigenvalue weighted by molar-refractivity contribution is 5.84. The Hall–Kier alpha value is -1.50. The van der Waals surface area contributed by atoms with Gasteiger partial charge in [-0.15, -0.1) is 0 Å². The number of ketones is 1. The second-order valence-electron chi connectivity index (χ2n) is 62.7. The normalized spacial score (nSPS) is 48.7. The van der Waals surface area contributed by atoms with Crippen LogP contribution in [0.4, 0.5) is 13.2 Å². The maximum absolute atomic E-state index is 13.6. The molecule has 10 N–H and O–H groups in total. The molecule has 0 aromatic rings. The molecule has 20 aliphatic carbocycles. The molecule has 48 atom stereocenters. The minimum absolute atomic E-state index is 0.0706. The number of aliphatic hydroxyl groups excluding tert-OH is 5. The average molecular weight is 2090 g/mol. The van der Waals surface area contributed by atoms with Gasteiger partial charge in [-0.1, -0.05) is 175 Å². The largest absolute Gasteiger partial charge is 0.414 e. The van der Waals surface area contributed by atoms with Gasteiger partial charge in [0.1, 0.15) is 5.78 Å². The predicted molar refractivity (Wildman–Crippen MR) is 600 cm³/mol. The molecular formula is C134H229F3O12. The maximum atomic E-state index is 13.6. The summed E-state index contributed by atoms with van der Waals surface area (Å²) in [7, 11) is 1.65. The number of rotatable bonds is 24. The highest BCUT2D eigenvalue weighted by Gasteiger charge is 2.69. The van der Waals surface area contributed by atoms with Crippen molar-refractivity contribution in [2.45, 2.75) is 558 Å². The van der Waals surface area contributed by atoms with E-state index >= 15 is 0 Å². The molecule has 149 heavy (non-hydrogen) atoms. The highest BCUT2D eigenvalue weighted by Crippen LogP contribution is 2.75. The summed E-state index contributed by atoms with van der Waals surface area (Å²) in [5.41, 5.74) is 2.62. The van der Waals surface area contributed by atoms with Crippen LogP contribution in [0, 0.1) is 239 Å². The first kappa shape index (κ1) is 120. The van der Waals surface area contributed by atoms with E-state index in [0.717, 1.165) is 251 Å². The Morgan fingerprint density at radius 1 is 0.329 bits per heavy atom. The van der Waals surface area contributed by atoms with Gasteiger partial charge in [0.15, 0.2) is 6.10 Å². The standard InChI is InChI=1S/C28H48O2.C27H46O3.C27H48O2.C27H46O2.C25H41F3O3/c1-18(2)7-12-25(29)19(3)22-10-11-23-21-9-8-20-17-26(4,30)15-16-27(20,5)24(21)13-14-28(22,23)6;1-16(2)6-11-23(28)17(3)21-9-10-22-20-8-7-18-14-26(4,30)13-12-19(18)25(20)24(29)15-27(21,22)5;1-17(2)6-11-25(28)18(3)23-9-10-24-22-8-7-19-16-26(4,29)14-12-20(19)21(22)13-15-27(23,24)5;1-6-8-24(28)18(3)21-11-12-22-20-10-9-19-17-27(29,7-2)16-15-25(19,4)23(20)13-14-26(21,22)5;1-15(21(29)25(26,27)28)18-7-8-19-17-6-5-16-13-24(30,14-31-4)12-11-22(16,2)20(17)9-10-23(18,19)3/h8,18-19,21-25,29-30H,7,9-17H2,1-6H3;16-23,25,28,30H,6-15H2,1-5H3;17-25,28-29H,6-16H2,1-5H3;9,18,20-24,28-29H,6-8,10-17H2,1-5H3;15-21,29-30H,5-14H2,1-4H3/t19-,21-,22+,23-,24-,25-,26-,27-,28+;17-,18-,19-,20-,21+,22-,23-,25+,26-,27+;18-,19-,20-,21+,22+,23+,24-,25-,26-,27+;18-,20-,21+,22-,23-,24-,25-,26+,27-;15-,16+,17-,18+,19-,20-,21-,22-,23+,24-/m00000/s1. The van der Waals surface area contributed by atoms with E-state index in [0.29, 0.717) is 146 Å². The van der Waals surface area contributed by atoms with Crippen LogP contribution in [0.2, 0.25) is 0 Å². The minimum atomic E-state index is -4.54. The fourth-order valence-corrected chi connectivity index (χ4v) is 44.5. The molecule has 0 unspecified atom stereocenters. The van der Waals surface area contributed by atoms with Crippen molar-refractivity contribution in [1.82, 2.24) is 0 Å². The van der Waals surface area contributed by atoms with Crippen LogP contribution in [0.1, 0.15) is 494 Å². The summed E-state index contributed by atoms with van der Waals surface area (Å²) in [6.07, 6.45) is 54.6. The van der Waals surface area contributed by atoms with Crippen molar-refractivity contribution in [3.8, 4) is 0 Å². The van der Waals surface area contributed by atoms with Crippen LogP contribution in [0.25, 0.3) is 0 Å². The molecule has 20 rings (SSSR count). The third-order valence-electron chi connectivity index (χ3n) is 53.2. The van der Waals surface area contributed by atoms with Gasteiger partial charge in [-0.05, 0) is 568 Å². The Labute approximate surface area is 908 Å². The molecule has 18 fully saturated rings. The molecular weight excluding hydrogens is 1860 g/mol. The molecule has 20 aliphatic rings. The van der Waals surface area contributed by atoms with Crippen LogP contribution in [0.3, 0.4) is 0 Å². The number of hydrogen-bond acceptors (Lipinski definition) is 12. The van der Waals surface area contributed by atoms with Crippen LogP contribution in [0.5, 0.6) is 0 Å². The van der Waals surface area contributed by atoms with Crippen molar-refractivity contribution in [2.75, 3.05) is 13.7 Å². The van der Waals surface area contributed by atoms with Crippen molar-refractivity contribution in [1.29, 1.82) is 0 Å². The Morgan fingerprint density at radius 3 is 1.16 bits per heavy atom. The van der Waals surface area contributed by atoms with Gasteiger partial charge in [0.2, 0.25) is 0 Å². The molecule has 0 saturated heterocycles. The van der Waals surface area contributed by atoms with Gasteiger partial charge in [-0.25, -0.2) is 0 Å². The van der Waals surface area contributed by atoms with Crippen molar-refractivity contribution >= 4 is 5.78 Å². The quantitative estimate of drug-likeness (QED) is 0.0407. The number of fused-ring (bicyclic) bond motifs is 25. The van der Waals surface area contributed by atoms with Crippen LogP contribution >= 0.6 is 0 Å². The predicted octanol–water partition coefficient (Wildman–Crippen LogP) is 30.9. The van der Waals surface area contributed by atoms with Gasteiger partial charge in [0, 0.05) is 19.4 Å². The van der Waals surface area contributed by atoms with E-state index in [9.17, 15) is 69.0 Å². The second kappa shape index (κ2) is 45.7. The SMILES string of the molecule is CC(C)CC[C@H](O)[C@@H](C)[C@H]1CC[C@H]2[C@@H]3CC=C4C[C@@](C)(O)CC[C@]4(C)[C@H]3CC[C@]12C.CC(C)CC[C@H](O)[C@@H](C)[C@H]1CC[C@H]2[C@@H]3CC[C@H]4C[C@@](C)(O)CC[C@@H]4[C@H]3C(=O)C[C@]12C.CC(C)CC[C@H](O)[C@@H](C)[C@H]1CC[C@H]2[C@@H]3CC[C@H]4C[C@@](C)(O)CC[C@@H]4[C@H]3CC[C@]12C.CCC[C@H](O)[C@@H](C)[C@H]1CC[C@H]2[C@@H]3CC=C4C[C@](O)(CC)CC[C@]4(C)[C@H]3CC[C@]12C.COC[C@]1(O)CC[C@@]2(C)[C@H](CC[C@@H]3[C@@H]2CC[C@]2(C)[C@@H]([C@H](C)[C@H](O)C(F)(F)F)CC[C@@H]32)C1. The van der Waals surface area contributed by atoms with Gasteiger partial charge in [0.25, 0.3) is 0 Å². The van der Waals surface area contributed by atoms with Crippen molar-refractivity contribution in [3.05, 3.63) is 23.3 Å². The summed E-state index contributed by atoms with van der Waals surface area (Å²) in [4.78, 5) is 13.6. The number of halogens is 3. The van der Waals surface area contributed by atoms with E-state index in [2.05, 4.69) is 158 Å². The Kier molecular flexibility index (Phi) is 36.8. The minimum Gasteiger partial charge on any atom is -0.393 e. The lowest BCUT2D eigenvalue weighted by Gasteiger charge is -2.62. The second-order valence-corrected chi connectivity index (χ2v) is 62.7. The molecule has 0 bridgehead atoms. The molecule has 858 valence electrons. The third kappa shape index (κ3) is 23.3.